The van der Waals surface area contributed by atoms with Crippen molar-refractivity contribution in [2.75, 3.05) is 20.6 Å². The van der Waals surface area contributed by atoms with E-state index in [0.717, 1.165) is 32.2 Å². The number of hydrogen-bond acceptors (Lipinski definition) is 3. The van der Waals surface area contributed by atoms with Gasteiger partial charge >= 0.3 is 0 Å². The Labute approximate surface area is 156 Å². The van der Waals surface area contributed by atoms with Gasteiger partial charge in [-0.2, -0.15) is 0 Å². The van der Waals surface area contributed by atoms with Gasteiger partial charge in [-0.3, -0.25) is 0 Å². The molecule has 1 unspecified atom stereocenters. The van der Waals surface area contributed by atoms with Crippen molar-refractivity contribution in [1.82, 2.24) is 4.90 Å². The van der Waals surface area contributed by atoms with Crippen molar-refractivity contribution in [3.63, 3.8) is 0 Å². The van der Waals surface area contributed by atoms with Gasteiger partial charge in [0.1, 0.15) is 11.4 Å². The van der Waals surface area contributed by atoms with Crippen molar-refractivity contribution in [2.45, 2.75) is 44.3 Å². The van der Waals surface area contributed by atoms with Crippen molar-refractivity contribution in [3.05, 3.63) is 71.0 Å². The van der Waals surface area contributed by atoms with Crippen LogP contribution in [0.5, 0.6) is 0 Å². The maximum atomic E-state index is 13.4. The second kappa shape index (κ2) is 9.81. The van der Waals surface area contributed by atoms with Crippen LogP contribution in [0.1, 0.15) is 48.8 Å². The number of halogens is 1. The second-order valence-electron chi connectivity index (χ2n) is 7.15. The van der Waals surface area contributed by atoms with Gasteiger partial charge in [0.15, 0.2) is 0 Å². The quantitative estimate of drug-likeness (QED) is 0.629. The average molecular weight is 359 g/mol. The zero-order valence-corrected chi connectivity index (χ0v) is 15.8. The van der Waals surface area contributed by atoms with E-state index >= 15 is 0 Å². The molecule has 0 saturated carbocycles. The fraction of sp³-hybridized carbons (Fsp3) is 0.455. The molecule has 0 saturated heterocycles. The van der Waals surface area contributed by atoms with Crippen molar-refractivity contribution in [2.24, 2.45) is 0 Å². The van der Waals surface area contributed by atoms with E-state index in [9.17, 15) is 14.6 Å². The van der Waals surface area contributed by atoms with Crippen LogP contribution < -0.4 is 0 Å². The first kappa shape index (κ1) is 20.6. The molecule has 142 valence electrons. The average Bonchev–Trinajstić information content (AvgIpc) is 2.64. The predicted octanol–water partition coefficient (Wildman–Crippen LogP) is 4.07. The molecule has 0 aromatic heterocycles. The number of hydrogen-bond donors (Lipinski definition) is 2. The Morgan fingerprint density at radius 1 is 0.923 bits per heavy atom. The molecule has 1 atom stereocenters. The molecule has 0 aliphatic carbocycles. The third-order valence-electron chi connectivity index (χ3n) is 4.85. The number of rotatable bonds is 10. The SMILES string of the molecule is CN(C)CCCCCCC(O)(c1ccc(F)cc1)c1ccccc1CO. The molecule has 3 nitrogen and oxygen atoms in total. The minimum atomic E-state index is -1.23. The fourth-order valence-corrected chi connectivity index (χ4v) is 3.38. The van der Waals surface area contributed by atoms with E-state index in [4.69, 9.17) is 0 Å². The summed E-state index contributed by atoms with van der Waals surface area (Å²) >= 11 is 0. The number of nitrogens with zero attached hydrogens (tertiary/aromatic N) is 1. The summed E-state index contributed by atoms with van der Waals surface area (Å²) in [5.41, 5.74) is 0.830. The van der Waals surface area contributed by atoms with Gasteiger partial charge in [-0.25, -0.2) is 4.39 Å². The molecule has 2 aromatic carbocycles. The molecular weight excluding hydrogens is 329 g/mol. The van der Waals surface area contributed by atoms with E-state index < -0.39 is 5.60 Å². The minimum Gasteiger partial charge on any atom is -0.392 e. The highest BCUT2D eigenvalue weighted by Gasteiger charge is 2.32. The normalized spacial score (nSPS) is 13.8. The highest BCUT2D eigenvalue weighted by atomic mass is 19.1. The summed E-state index contributed by atoms with van der Waals surface area (Å²) in [6.45, 7) is 0.929. The van der Waals surface area contributed by atoms with Crippen molar-refractivity contribution < 1.29 is 14.6 Å². The Kier molecular flexibility index (Phi) is 7.76. The van der Waals surface area contributed by atoms with Gasteiger partial charge in [0.2, 0.25) is 0 Å². The van der Waals surface area contributed by atoms with Crippen molar-refractivity contribution >= 4 is 0 Å². The van der Waals surface area contributed by atoms with E-state index in [-0.39, 0.29) is 12.4 Å². The summed E-state index contributed by atoms with van der Waals surface area (Å²) in [4.78, 5) is 2.17. The maximum Gasteiger partial charge on any atom is 0.123 e. The zero-order chi connectivity index (χ0) is 19.0. The van der Waals surface area contributed by atoms with Gasteiger partial charge in [0.05, 0.1) is 6.61 Å². The predicted molar refractivity (Wildman–Crippen MR) is 103 cm³/mol. The fourth-order valence-electron chi connectivity index (χ4n) is 3.38. The van der Waals surface area contributed by atoms with Crippen LogP contribution in [0, 0.1) is 5.82 Å². The highest BCUT2D eigenvalue weighted by molar-refractivity contribution is 5.40. The summed E-state index contributed by atoms with van der Waals surface area (Å²) in [5, 5.41) is 21.3. The van der Waals surface area contributed by atoms with Crippen molar-refractivity contribution in [3.8, 4) is 0 Å². The van der Waals surface area contributed by atoms with Gasteiger partial charge in [0, 0.05) is 0 Å². The monoisotopic (exact) mass is 359 g/mol. The third-order valence-corrected chi connectivity index (χ3v) is 4.85. The second-order valence-corrected chi connectivity index (χ2v) is 7.15. The zero-order valence-electron chi connectivity index (χ0n) is 15.8. The first-order valence-corrected chi connectivity index (χ1v) is 9.30. The van der Waals surface area contributed by atoms with Gasteiger partial charge in [0.25, 0.3) is 0 Å². The molecule has 4 heteroatoms. The molecule has 0 radical (unpaired) electrons. The largest absolute Gasteiger partial charge is 0.392 e. The van der Waals surface area contributed by atoms with E-state index in [0.29, 0.717) is 23.1 Å². The maximum absolute atomic E-state index is 13.4. The summed E-state index contributed by atoms with van der Waals surface area (Å²) < 4.78 is 13.4. The van der Waals surface area contributed by atoms with Gasteiger partial charge < -0.3 is 15.1 Å². The Balaban J connectivity index is 2.18. The molecular formula is C22H30FNO2. The van der Waals surface area contributed by atoms with E-state index in [1.54, 1.807) is 12.1 Å². The van der Waals surface area contributed by atoms with E-state index in [2.05, 4.69) is 19.0 Å². The Bertz CT molecular complexity index is 672. The van der Waals surface area contributed by atoms with Gasteiger partial charge in [-0.1, -0.05) is 49.2 Å². The molecule has 0 aliphatic heterocycles. The third kappa shape index (κ3) is 5.37. The molecule has 2 aromatic rings. The number of aliphatic hydroxyl groups excluding tert-OH is 1. The molecule has 0 aliphatic rings. The molecule has 2 rings (SSSR count). The lowest BCUT2D eigenvalue weighted by molar-refractivity contribution is 0.0654. The lowest BCUT2D eigenvalue weighted by Gasteiger charge is -2.31. The molecule has 0 amide bonds. The summed E-state index contributed by atoms with van der Waals surface area (Å²) in [7, 11) is 4.14. The van der Waals surface area contributed by atoms with Crippen LogP contribution in [0.3, 0.4) is 0 Å². The van der Waals surface area contributed by atoms with Crippen LogP contribution >= 0.6 is 0 Å². The van der Waals surface area contributed by atoms with Crippen LogP contribution in [0.25, 0.3) is 0 Å². The summed E-state index contributed by atoms with van der Waals surface area (Å²) in [6, 6.07) is 13.4. The molecule has 0 fully saturated rings. The molecule has 26 heavy (non-hydrogen) atoms. The van der Waals surface area contributed by atoms with Crippen LogP contribution in [0.2, 0.25) is 0 Å². The van der Waals surface area contributed by atoms with Crippen LogP contribution in [0.4, 0.5) is 4.39 Å². The smallest absolute Gasteiger partial charge is 0.123 e. The topological polar surface area (TPSA) is 43.7 Å². The van der Waals surface area contributed by atoms with Crippen molar-refractivity contribution in [1.29, 1.82) is 0 Å². The van der Waals surface area contributed by atoms with Crippen LogP contribution in [-0.2, 0) is 12.2 Å². The van der Waals surface area contributed by atoms with Crippen LogP contribution in [-0.4, -0.2) is 35.8 Å². The van der Waals surface area contributed by atoms with Gasteiger partial charge in [-0.05, 0) is 68.7 Å². The van der Waals surface area contributed by atoms with Crippen LogP contribution in [0.15, 0.2) is 48.5 Å². The lowest BCUT2D eigenvalue weighted by atomic mass is 9.80. The number of unbranched alkanes of at least 4 members (excludes halogenated alkanes) is 3. The molecule has 2 N–H and O–H groups in total. The Morgan fingerprint density at radius 3 is 2.23 bits per heavy atom. The van der Waals surface area contributed by atoms with E-state index in [1.165, 1.54) is 12.1 Å². The van der Waals surface area contributed by atoms with E-state index in [1.807, 2.05) is 24.3 Å². The summed E-state index contributed by atoms with van der Waals surface area (Å²) in [6.07, 6.45) is 4.67. The first-order valence-electron chi connectivity index (χ1n) is 9.30. The Morgan fingerprint density at radius 2 is 1.58 bits per heavy atom. The lowest BCUT2D eigenvalue weighted by Crippen LogP contribution is -2.29. The number of benzene rings is 2. The highest BCUT2D eigenvalue weighted by Crippen LogP contribution is 2.37. The standard InChI is InChI=1S/C22H30FNO2/c1-24(2)16-8-4-3-7-15-22(26,19-11-13-20(23)14-12-19)21-10-6-5-9-18(21)17-25/h5-6,9-14,25-26H,3-4,7-8,15-17H2,1-2H3. The number of aliphatic hydroxyl groups is 2. The Hall–Kier alpha value is -1.75. The molecule has 0 bridgehead atoms. The first-order chi connectivity index (χ1) is 12.5. The molecule has 0 spiro atoms. The van der Waals surface area contributed by atoms with Gasteiger partial charge in [-0.15, -0.1) is 0 Å². The minimum absolute atomic E-state index is 0.136. The summed E-state index contributed by atoms with van der Waals surface area (Å²) in [5.74, 6) is -0.324. The molecule has 0 heterocycles.